The number of nitrogens with one attached hydrogen (secondary N) is 1. The number of methoxy groups -OCH3 is 1. The summed E-state index contributed by atoms with van der Waals surface area (Å²) in [7, 11) is 2.84. The third-order valence-corrected chi connectivity index (χ3v) is 2.90. The first kappa shape index (κ1) is 16.4. The fourth-order valence-electron chi connectivity index (χ4n) is 1.02. The Labute approximate surface area is 123 Å². The van der Waals surface area contributed by atoms with E-state index in [2.05, 4.69) is 4.74 Å². The van der Waals surface area contributed by atoms with Crippen molar-refractivity contribution in [2.75, 3.05) is 14.2 Å². The van der Waals surface area contributed by atoms with Crippen molar-refractivity contribution in [3.63, 3.8) is 0 Å². The smallest absolute Gasteiger partial charge is 0.667 e. The normalized spacial score (nSPS) is 10.4. The maximum absolute atomic E-state index is 11.4. The molecule has 4 nitrogen and oxygen atoms in total. The molecular weight excluding hydrogens is 434 g/mol. The van der Waals surface area contributed by atoms with Crippen LogP contribution in [0.5, 0.6) is 0 Å². The molecule has 0 spiro atoms. The quantitative estimate of drug-likeness (QED) is 0.331. The second kappa shape index (κ2) is 7.65. The Kier molecular flexibility index (Phi) is 7.36. The zero-order chi connectivity index (χ0) is 12.1. The van der Waals surface area contributed by atoms with Gasteiger partial charge in [0.25, 0.3) is 0 Å². The van der Waals surface area contributed by atoms with Crippen LogP contribution in [-0.2, 0) is 42.1 Å². The van der Waals surface area contributed by atoms with Crippen LogP contribution in [0.25, 0.3) is 0 Å². The summed E-state index contributed by atoms with van der Waals surface area (Å²) in [6.45, 7) is 0. The van der Waals surface area contributed by atoms with Crippen molar-refractivity contribution >= 4 is 35.8 Å². The van der Waals surface area contributed by atoms with Gasteiger partial charge in [-0.25, -0.2) is 4.79 Å². The molecule has 0 bridgehead atoms. The van der Waals surface area contributed by atoms with Gasteiger partial charge >= 0.3 is 25.8 Å². The van der Waals surface area contributed by atoms with Crippen molar-refractivity contribution in [1.29, 1.82) is 5.41 Å². The Balaban J connectivity index is 0.00000256. The molecule has 0 unspecified atom stereocenters. The van der Waals surface area contributed by atoms with Crippen LogP contribution in [0.4, 0.5) is 0 Å². The number of carbonyl (C=O) groups excluding carboxylic acids is 1. The van der Waals surface area contributed by atoms with Crippen LogP contribution < -0.4 is 0 Å². The van der Waals surface area contributed by atoms with E-state index in [0.717, 1.165) is 4.88 Å². The van der Waals surface area contributed by atoms with Crippen LogP contribution in [0, 0.1) is 5.41 Å². The maximum Gasteiger partial charge on any atom is 1.00 e. The van der Waals surface area contributed by atoms with Crippen LogP contribution >= 0.6 is 11.3 Å². The van der Waals surface area contributed by atoms with E-state index in [4.69, 9.17) is 18.2 Å². The van der Waals surface area contributed by atoms with Crippen LogP contribution in [0.15, 0.2) is 29.3 Å². The van der Waals surface area contributed by atoms with Gasteiger partial charge in [0.2, 0.25) is 0 Å². The first-order chi connectivity index (χ1) is 7.56. The van der Waals surface area contributed by atoms with Crippen molar-refractivity contribution in [2.24, 2.45) is 0 Å². The first-order valence-corrected chi connectivity index (χ1v) is 5.64. The molecule has 0 aromatic carbocycles. The van der Waals surface area contributed by atoms with E-state index in [-0.39, 0.29) is 31.2 Å². The van der Waals surface area contributed by atoms with Crippen LogP contribution in [0.2, 0.25) is 0 Å². The molecular formula is C10H11N2O2OsS2. The van der Waals surface area contributed by atoms with Gasteiger partial charge in [-0.2, -0.15) is 0 Å². The number of esters is 1. The number of carbonyl (C=O) groups is 1. The van der Waals surface area contributed by atoms with Gasteiger partial charge in [0, 0.05) is 0 Å². The van der Waals surface area contributed by atoms with Gasteiger partial charge in [-0.15, -0.1) is 11.3 Å². The fraction of sp³-hybridized carbons (Fsp3) is 0.200. The van der Waals surface area contributed by atoms with E-state index in [0.29, 0.717) is 0 Å². The molecule has 0 aliphatic heterocycles. The van der Waals surface area contributed by atoms with Gasteiger partial charge in [0.1, 0.15) is 5.70 Å². The Bertz CT molecular complexity index is 416. The molecule has 1 aromatic rings. The number of thiophene rings is 1. The summed E-state index contributed by atoms with van der Waals surface area (Å²) in [4.78, 5) is 12.1. The average Bonchev–Trinajstić information content (AvgIpc) is 2.77. The molecule has 0 saturated heterocycles. The molecule has 0 atom stereocenters. The summed E-state index contributed by atoms with van der Waals surface area (Å²) >= 11 is 6.29. The Hall–Kier alpha value is -0.634. The monoisotopic (exact) mass is 447 g/mol. The predicted molar refractivity (Wildman–Crippen MR) is 66.4 cm³/mol. The summed E-state index contributed by atoms with van der Waals surface area (Å²) in [6.07, 6.45) is 1.41. The van der Waals surface area contributed by atoms with Crippen molar-refractivity contribution in [2.45, 2.75) is 0 Å². The van der Waals surface area contributed by atoms with Crippen LogP contribution in [-0.4, -0.2) is 30.1 Å². The second-order valence-electron chi connectivity index (χ2n) is 2.91. The van der Waals surface area contributed by atoms with E-state index in [1.54, 1.807) is 7.05 Å². The first-order valence-electron chi connectivity index (χ1n) is 4.39. The van der Waals surface area contributed by atoms with E-state index in [1.807, 2.05) is 17.5 Å². The van der Waals surface area contributed by atoms with Gasteiger partial charge in [0.05, 0.1) is 17.7 Å². The summed E-state index contributed by atoms with van der Waals surface area (Å²) in [5, 5.41) is 9.66. The molecule has 7 heteroatoms. The topological polar surface area (TPSA) is 53.4 Å². The minimum Gasteiger partial charge on any atom is -0.667 e. The van der Waals surface area contributed by atoms with Crippen molar-refractivity contribution in [3.8, 4) is 0 Å². The minimum atomic E-state index is -0.543. The zero-order valence-corrected chi connectivity index (χ0v) is 13.4. The van der Waals surface area contributed by atoms with Gasteiger partial charge in [-0.05, 0) is 24.6 Å². The zero-order valence-electron chi connectivity index (χ0n) is 9.24. The maximum atomic E-state index is 11.4. The molecule has 1 heterocycles. The number of hydrogen-bond donors (Lipinski definition) is 1. The molecule has 1 N–H and O–H groups in total. The van der Waals surface area contributed by atoms with E-state index in [1.165, 1.54) is 28.8 Å². The van der Waals surface area contributed by atoms with E-state index >= 15 is 0 Å². The Morgan fingerprint density at radius 1 is 1.65 bits per heavy atom. The molecule has 0 fully saturated rings. The van der Waals surface area contributed by atoms with Crippen LogP contribution in [0.1, 0.15) is 4.88 Å². The number of ether oxygens (including phenoxy) is 1. The molecule has 0 saturated carbocycles. The summed E-state index contributed by atoms with van der Waals surface area (Å²) in [5.41, 5.74) is 0.419. The minimum absolute atomic E-state index is 0. The molecule has 1 rings (SSSR count). The molecule has 0 aliphatic rings. The average molecular weight is 446 g/mol. The number of nitrogens with zero attached hydrogens (tertiary/aromatic N) is 1. The van der Waals surface area contributed by atoms with E-state index in [9.17, 15) is 4.79 Å². The molecule has 93 valence electrons. The number of rotatable bonds is 4. The third-order valence-electron chi connectivity index (χ3n) is 1.80. The van der Waals surface area contributed by atoms with Gasteiger partial charge in [0.15, 0.2) is 0 Å². The largest absolute Gasteiger partial charge is 1.00 e. The summed E-state index contributed by atoms with van der Waals surface area (Å²) < 4.78 is 5.80. The summed E-state index contributed by atoms with van der Waals surface area (Å²) in [5.74, 6) is -0.543. The predicted octanol–water partition coefficient (Wildman–Crippen LogP) is 1.56. The molecule has 0 aliphatic carbocycles. The number of allylic oxidation sites excluding steroid dienone is 1. The number of hydrogen-bond acceptors (Lipinski definition) is 6. The van der Waals surface area contributed by atoms with Crippen LogP contribution in [0.3, 0.4) is 0 Å². The van der Waals surface area contributed by atoms with Crippen molar-refractivity contribution in [1.82, 2.24) is 4.31 Å². The van der Waals surface area contributed by atoms with Crippen molar-refractivity contribution in [3.05, 3.63) is 34.2 Å². The van der Waals surface area contributed by atoms with Gasteiger partial charge in [-0.3, -0.25) is 5.41 Å². The molecule has 17 heavy (non-hydrogen) atoms. The van der Waals surface area contributed by atoms with Gasteiger partial charge < -0.3 is 21.9 Å². The standard InChI is InChI=1S/C10H11N2O2S2.Os/c1-12(15)8(10(13)14-2)6-7(11)9-4-3-5-16-9;/h3-6,11H,1-2H3;/q-1;+1/b8-6-,11-7?;. The molecule has 0 amide bonds. The fourth-order valence-corrected chi connectivity index (χ4v) is 1.80. The molecule has 1 aromatic heterocycles. The number of likely N-dealkylation sites (N-methyl/N-ethyl adjacent to an activating group) is 1. The van der Waals surface area contributed by atoms with Gasteiger partial charge in [-0.1, -0.05) is 6.07 Å². The summed E-state index contributed by atoms with van der Waals surface area (Å²) in [6, 6.07) is 3.65. The van der Waals surface area contributed by atoms with Crippen molar-refractivity contribution < 1.29 is 29.3 Å². The Morgan fingerprint density at radius 2 is 2.29 bits per heavy atom. The Morgan fingerprint density at radius 3 is 2.71 bits per heavy atom. The third kappa shape index (κ3) is 4.62. The molecule has 1 radical (unpaired) electrons. The van der Waals surface area contributed by atoms with E-state index < -0.39 is 5.97 Å². The SMILES string of the molecule is COC(=O)/C(=C/C(=N)c1cccs1)N(C)[S-].[Os+]. The second-order valence-corrected chi connectivity index (χ2v) is 4.41.